The summed E-state index contributed by atoms with van der Waals surface area (Å²) in [5.41, 5.74) is 1.54. The molecule has 1 aliphatic heterocycles. The molecule has 2 rings (SSSR count). The van der Waals surface area contributed by atoms with E-state index in [2.05, 4.69) is 43.1 Å². The third kappa shape index (κ3) is 3.44. The molecule has 0 aliphatic carbocycles. The summed E-state index contributed by atoms with van der Waals surface area (Å²) >= 11 is 5.90. The summed E-state index contributed by atoms with van der Waals surface area (Å²) in [6, 6.07) is 8.75. The highest BCUT2D eigenvalue weighted by Crippen LogP contribution is 2.18. The fraction of sp³-hybridized carbons (Fsp3) is 0.571. The van der Waals surface area contributed by atoms with E-state index in [4.69, 9.17) is 11.6 Å². The van der Waals surface area contributed by atoms with E-state index in [9.17, 15) is 0 Å². The largest absolute Gasteiger partial charge is 0.309 e. The average molecular weight is 253 g/mol. The minimum Gasteiger partial charge on any atom is -0.309 e. The van der Waals surface area contributed by atoms with Gasteiger partial charge in [-0.3, -0.25) is 4.90 Å². The zero-order valence-electron chi connectivity index (χ0n) is 10.8. The maximum Gasteiger partial charge on any atom is 0.0406 e. The molecular formula is C14H21ClN2. The van der Waals surface area contributed by atoms with Crippen molar-refractivity contribution >= 4 is 11.6 Å². The smallest absolute Gasteiger partial charge is 0.0406 e. The summed E-state index contributed by atoms with van der Waals surface area (Å²) in [4.78, 5) is 2.53. The molecule has 94 valence electrons. The van der Waals surface area contributed by atoms with Crippen LogP contribution in [0, 0.1) is 0 Å². The Morgan fingerprint density at radius 3 is 2.65 bits per heavy atom. The van der Waals surface area contributed by atoms with Gasteiger partial charge in [-0.2, -0.15) is 0 Å². The van der Waals surface area contributed by atoms with E-state index in [-0.39, 0.29) is 5.54 Å². The van der Waals surface area contributed by atoms with Crippen molar-refractivity contribution in [2.75, 3.05) is 13.1 Å². The van der Waals surface area contributed by atoms with E-state index in [1.807, 2.05) is 12.1 Å². The molecule has 1 heterocycles. The van der Waals surface area contributed by atoms with Crippen LogP contribution in [0.4, 0.5) is 0 Å². The molecule has 17 heavy (non-hydrogen) atoms. The Bertz CT molecular complexity index is 372. The molecule has 1 fully saturated rings. The van der Waals surface area contributed by atoms with Crippen LogP contribution in [0.5, 0.6) is 0 Å². The van der Waals surface area contributed by atoms with Crippen LogP contribution < -0.4 is 5.32 Å². The van der Waals surface area contributed by atoms with E-state index in [1.54, 1.807) is 0 Å². The molecule has 0 bridgehead atoms. The summed E-state index contributed by atoms with van der Waals surface area (Å²) < 4.78 is 0. The van der Waals surface area contributed by atoms with Gasteiger partial charge >= 0.3 is 0 Å². The highest BCUT2D eigenvalue weighted by atomic mass is 35.5. The average Bonchev–Trinajstić information content (AvgIpc) is 2.26. The number of rotatable bonds is 2. The van der Waals surface area contributed by atoms with Gasteiger partial charge in [0.2, 0.25) is 0 Å². The predicted molar refractivity (Wildman–Crippen MR) is 73.4 cm³/mol. The second-order valence-electron chi connectivity index (χ2n) is 5.65. The highest BCUT2D eigenvalue weighted by Gasteiger charge is 2.29. The van der Waals surface area contributed by atoms with E-state index in [1.165, 1.54) is 5.56 Å². The molecule has 0 radical (unpaired) electrons. The molecule has 1 aliphatic rings. The minimum absolute atomic E-state index is 0.207. The molecule has 1 saturated heterocycles. The number of benzene rings is 1. The van der Waals surface area contributed by atoms with Gasteiger partial charge in [0, 0.05) is 36.2 Å². The van der Waals surface area contributed by atoms with Crippen molar-refractivity contribution in [2.24, 2.45) is 0 Å². The van der Waals surface area contributed by atoms with Crippen LogP contribution in [0.25, 0.3) is 0 Å². The minimum atomic E-state index is 0.207. The first-order valence-electron chi connectivity index (χ1n) is 6.20. The van der Waals surface area contributed by atoms with Crippen molar-refractivity contribution in [3.8, 4) is 0 Å². The highest BCUT2D eigenvalue weighted by molar-refractivity contribution is 6.30. The van der Waals surface area contributed by atoms with Crippen molar-refractivity contribution in [3.63, 3.8) is 0 Å². The van der Waals surface area contributed by atoms with Crippen LogP contribution in [0.2, 0.25) is 5.02 Å². The summed E-state index contributed by atoms with van der Waals surface area (Å²) in [7, 11) is 0. The van der Waals surface area contributed by atoms with Gasteiger partial charge in [-0.15, -0.1) is 0 Å². The number of nitrogens with zero attached hydrogens (tertiary/aromatic N) is 1. The number of hydrogen-bond donors (Lipinski definition) is 1. The van der Waals surface area contributed by atoms with Crippen LogP contribution in [-0.2, 0) is 6.54 Å². The van der Waals surface area contributed by atoms with Gasteiger partial charge < -0.3 is 5.32 Å². The number of hydrogen-bond acceptors (Lipinski definition) is 2. The van der Waals surface area contributed by atoms with Gasteiger partial charge in [0.1, 0.15) is 0 Å². The second kappa shape index (κ2) is 4.97. The molecule has 1 N–H and O–H groups in total. The Morgan fingerprint density at radius 1 is 1.35 bits per heavy atom. The summed E-state index contributed by atoms with van der Waals surface area (Å²) in [6.45, 7) is 9.93. The lowest BCUT2D eigenvalue weighted by Gasteiger charge is -2.43. The van der Waals surface area contributed by atoms with Gasteiger partial charge in [-0.1, -0.05) is 23.7 Å². The number of nitrogens with one attached hydrogen (secondary N) is 1. The SMILES string of the molecule is CC1CNC(C)(C)CN1Cc1ccc(Cl)cc1. The second-order valence-corrected chi connectivity index (χ2v) is 6.08. The fourth-order valence-electron chi connectivity index (χ4n) is 2.31. The molecule has 1 aromatic carbocycles. The Balaban J connectivity index is 2.04. The zero-order chi connectivity index (χ0) is 12.5. The first-order valence-corrected chi connectivity index (χ1v) is 6.58. The molecular weight excluding hydrogens is 232 g/mol. The van der Waals surface area contributed by atoms with Crippen LogP contribution in [-0.4, -0.2) is 29.6 Å². The van der Waals surface area contributed by atoms with E-state index < -0.39 is 0 Å². The normalized spacial score (nSPS) is 24.8. The van der Waals surface area contributed by atoms with Gasteiger partial charge in [-0.25, -0.2) is 0 Å². The van der Waals surface area contributed by atoms with Crippen LogP contribution in [0.3, 0.4) is 0 Å². The molecule has 0 spiro atoms. The molecule has 0 saturated carbocycles. The van der Waals surface area contributed by atoms with E-state index in [0.717, 1.165) is 24.7 Å². The van der Waals surface area contributed by atoms with Crippen molar-refractivity contribution in [1.29, 1.82) is 0 Å². The molecule has 1 unspecified atom stereocenters. The van der Waals surface area contributed by atoms with Gasteiger partial charge in [-0.05, 0) is 38.5 Å². The lowest BCUT2D eigenvalue weighted by molar-refractivity contribution is 0.0978. The van der Waals surface area contributed by atoms with Crippen LogP contribution in [0.1, 0.15) is 26.3 Å². The third-order valence-electron chi connectivity index (χ3n) is 3.40. The molecule has 0 aromatic heterocycles. The molecule has 0 amide bonds. The zero-order valence-corrected chi connectivity index (χ0v) is 11.6. The maximum atomic E-state index is 5.90. The molecule has 2 nitrogen and oxygen atoms in total. The first kappa shape index (κ1) is 12.9. The third-order valence-corrected chi connectivity index (χ3v) is 3.65. The van der Waals surface area contributed by atoms with Crippen molar-refractivity contribution in [1.82, 2.24) is 10.2 Å². The molecule has 3 heteroatoms. The van der Waals surface area contributed by atoms with E-state index >= 15 is 0 Å². The first-order chi connectivity index (χ1) is 7.96. The van der Waals surface area contributed by atoms with Crippen molar-refractivity contribution in [2.45, 2.75) is 38.9 Å². The van der Waals surface area contributed by atoms with Crippen molar-refractivity contribution in [3.05, 3.63) is 34.9 Å². The Labute approximate surface area is 109 Å². The van der Waals surface area contributed by atoms with Crippen LogP contribution in [0.15, 0.2) is 24.3 Å². The maximum absolute atomic E-state index is 5.90. The number of piperazine rings is 1. The Morgan fingerprint density at radius 2 is 2.00 bits per heavy atom. The molecule has 1 aromatic rings. The quantitative estimate of drug-likeness (QED) is 0.871. The summed E-state index contributed by atoms with van der Waals surface area (Å²) in [6.07, 6.45) is 0. The van der Waals surface area contributed by atoms with E-state index in [0.29, 0.717) is 6.04 Å². The van der Waals surface area contributed by atoms with Crippen LogP contribution >= 0.6 is 11.6 Å². The summed E-state index contributed by atoms with van der Waals surface area (Å²) in [5, 5.41) is 4.38. The predicted octanol–water partition coefficient (Wildman–Crippen LogP) is 2.91. The topological polar surface area (TPSA) is 15.3 Å². The standard InChI is InChI=1S/C14H21ClN2/c1-11-8-16-14(2,3)10-17(11)9-12-4-6-13(15)7-5-12/h4-7,11,16H,8-10H2,1-3H3. The lowest BCUT2D eigenvalue weighted by atomic mass is 9.98. The molecule has 1 atom stereocenters. The lowest BCUT2D eigenvalue weighted by Crippen LogP contribution is -2.60. The van der Waals surface area contributed by atoms with Gasteiger partial charge in [0.05, 0.1) is 0 Å². The Hall–Kier alpha value is -0.570. The van der Waals surface area contributed by atoms with Crippen molar-refractivity contribution < 1.29 is 0 Å². The Kier molecular flexibility index (Phi) is 3.76. The fourth-order valence-corrected chi connectivity index (χ4v) is 2.43. The summed E-state index contributed by atoms with van der Waals surface area (Å²) in [5.74, 6) is 0. The van der Waals surface area contributed by atoms with Gasteiger partial charge in [0.15, 0.2) is 0 Å². The van der Waals surface area contributed by atoms with Gasteiger partial charge in [0.25, 0.3) is 0 Å². The monoisotopic (exact) mass is 252 g/mol. The number of halogens is 1.